The minimum atomic E-state index is -3.12. The fourth-order valence-electron chi connectivity index (χ4n) is 4.84. The van der Waals surface area contributed by atoms with Crippen LogP contribution in [-0.2, 0) is 19.8 Å². The van der Waals surface area contributed by atoms with Gasteiger partial charge < -0.3 is 25.4 Å². The van der Waals surface area contributed by atoms with Crippen LogP contribution in [0.15, 0.2) is 36.4 Å². The van der Waals surface area contributed by atoms with Crippen molar-refractivity contribution in [2.24, 2.45) is 5.41 Å². The number of likely N-dealkylation sites (tertiary alicyclic amines) is 1. The van der Waals surface area contributed by atoms with Crippen LogP contribution >= 0.6 is 0 Å². The molecule has 9 nitrogen and oxygen atoms in total. The van der Waals surface area contributed by atoms with Crippen molar-refractivity contribution in [3.63, 3.8) is 0 Å². The Balaban J connectivity index is 1.55. The van der Waals surface area contributed by atoms with Gasteiger partial charge in [0.1, 0.15) is 11.1 Å². The highest BCUT2D eigenvalue weighted by Crippen LogP contribution is 2.45. The van der Waals surface area contributed by atoms with Crippen LogP contribution in [0.3, 0.4) is 0 Å². The van der Waals surface area contributed by atoms with Crippen molar-refractivity contribution in [2.45, 2.75) is 51.6 Å². The number of alkyl halides is 2. The second-order valence-corrected chi connectivity index (χ2v) is 10.4. The highest BCUT2D eigenvalue weighted by atomic mass is 19.3. The largest absolute Gasteiger partial charge is 0.481 e. The Morgan fingerprint density at radius 2 is 1.82 bits per heavy atom. The Morgan fingerprint density at radius 1 is 1.13 bits per heavy atom. The number of carboxylic acid groups (broad SMARTS) is 1. The highest BCUT2D eigenvalue weighted by molar-refractivity contribution is 6.02. The molecule has 0 spiro atoms. The van der Waals surface area contributed by atoms with Crippen molar-refractivity contribution in [3.8, 4) is 5.88 Å². The Hall–Kier alpha value is -3.60. The molecule has 1 aliphatic heterocycles. The molecule has 0 unspecified atom stereocenters. The fraction of sp³-hybridized carbons (Fsp3) is 0.481. The number of halogens is 2. The van der Waals surface area contributed by atoms with Crippen LogP contribution in [0.4, 0.5) is 14.5 Å². The van der Waals surface area contributed by atoms with Gasteiger partial charge in [-0.25, -0.2) is 4.98 Å². The van der Waals surface area contributed by atoms with Gasteiger partial charge in [-0.05, 0) is 48.9 Å². The van der Waals surface area contributed by atoms with Crippen LogP contribution < -0.4 is 15.4 Å². The van der Waals surface area contributed by atoms with E-state index in [-0.39, 0.29) is 49.6 Å². The predicted octanol–water partition coefficient (Wildman–Crippen LogP) is 3.29. The lowest BCUT2D eigenvalue weighted by Crippen LogP contribution is -2.67. The van der Waals surface area contributed by atoms with E-state index in [1.165, 1.54) is 11.0 Å². The first-order valence-electron chi connectivity index (χ1n) is 12.5. The van der Waals surface area contributed by atoms with Gasteiger partial charge in [0.25, 0.3) is 0 Å². The van der Waals surface area contributed by atoms with E-state index in [1.54, 1.807) is 13.0 Å². The average Bonchev–Trinajstić information content (AvgIpc) is 3.61. The number of anilines is 1. The van der Waals surface area contributed by atoms with Crippen LogP contribution in [0.2, 0.25) is 0 Å². The van der Waals surface area contributed by atoms with Gasteiger partial charge in [-0.15, -0.1) is 0 Å². The Morgan fingerprint density at radius 3 is 2.42 bits per heavy atom. The number of carboxylic acids is 1. The molecule has 1 saturated carbocycles. The monoisotopic (exact) mass is 530 g/mol. The maximum Gasteiger partial charge on any atom is 0.388 e. The molecule has 0 atom stereocenters. The van der Waals surface area contributed by atoms with E-state index in [1.807, 2.05) is 38.1 Å². The standard InChI is InChI=1S/C27H32F2N4O5/c1-16(2)18-6-4-5-7-19(18)27(23(35)32-20-9-8-17(3)31-22(20)38-25(28)29)14-33(15-27)21(34)12-30-13-26(10-11-26)24(36)37/h4-9,16,25,30H,10-15H2,1-3H3,(H,32,35)(H,36,37). The lowest BCUT2D eigenvalue weighted by molar-refractivity contribution is -0.145. The summed E-state index contributed by atoms with van der Waals surface area (Å²) < 4.78 is 30.5. The van der Waals surface area contributed by atoms with Crippen molar-refractivity contribution in [1.29, 1.82) is 0 Å². The van der Waals surface area contributed by atoms with Gasteiger partial charge in [-0.3, -0.25) is 14.4 Å². The van der Waals surface area contributed by atoms with Crippen molar-refractivity contribution < 1.29 is 33.0 Å². The first-order valence-corrected chi connectivity index (χ1v) is 12.5. The summed E-state index contributed by atoms with van der Waals surface area (Å²) in [6.07, 6.45) is 1.15. The molecule has 1 aromatic heterocycles. The number of pyridine rings is 1. The van der Waals surface area contributed by atoms with Crippen LogP contribution in [0.25, 0.3) is 0 Å². The van der Waals surface area contributed by atoms with E-state index >= 15 is 0 Å². The van der Waals surface area contributed by atoms with Crippen molar-refractivity contribution in [3.05, 3.63) is 53.2 Å². The van der Waals surface area contributed by atoms with Gasteiger partial charge in [0.05, 0.1) is 12.0 Å². The maximum atomic E-state index is 13.8. The summed E-state index contributed by atoms with van der Waals surface area (Å²) in [6, 6.07) is 10.5. The van der Waals surface area contributed by atoms with Crippen molar-refractivity contribution in [1.82, 2.24) is 15.2 Å². The van der Waals surface area contributed by atoms with Crippen LogP contribution in [0.5, 0.6) is 5.88 Å². The summed E-state index contributed by atoms with van der Waals surface area (Å²) >= 11 is 0. The van der Waals surface area contributed by atoms with Gasteiger partial charge in [0.15, 0.2) is 0 Å². The van der Waals surface area contributed by atoms with E-state index < -0.39 is 29.3 Å². The molecule has 2 fully saturated rings. The first kappa shape index (κ1) is 27.4. The Kier molecular flexibility index (Phi) is 7.68. The zero-order valence-electron chi connectivity index (χ0n) is 21.6. The molecule has 2 aromatic rings. The van der Waals surface area contributed by atoms with E-state index in [4.69, 9.17) is 0 Å². The molecule has 38 heavy (non-hydrogen) atoms. The summed E-state index contributed by atoms with van der Waals surface area (Å²) in [5.74, 6) is -1.88. The molecule has 3 N–H and O–H groups in total. The number of aryl methyl sites for hydroxylation is 1. The first-order chi connectivity index (χ1) is 18.0. The van der Waals surface area contributed by atoms with Gasteiger partial charge in [0, 0.05) is 25.3 Å². The van der Waals surface area contributed by atoms with Gasteiger partial charge in [-0.1, -0.05) is 38.1 Å². The Bertz CT molecular complexity index is 1230. The molecule has 0 radical (unpaired) electrons. The molecule has 1 saturated heterocycles. The molecule has 2 heterocycles. The number of rotatable bonds is 11. The number of carbonyl (C=O) groups is 3. The second-order valence-electron chi connectivity index (χ2n) is 10.4. The molecular formula is C27H32F2N4O5. The number of benzene rings is 1. The van der Waals surface area contributed by atoms with E-state index in [9.17, 15) is 28.3 Å². The zero-order chi connectivity index (χ0) is 27.7. The van der Waals surface area contributed by atoms with Crippen LogP contribution in [-0.4, -0.2) is 65.6 Å². The molecule has 2 amide bonds. The maximum absolute atomic E-state index is 13.8. The van der Waals surface area contributed by atoms with E-state index in [0.717, 1.165) is 11.1 Å². The molecular weight excluding hydrogens is 498 g/mol. The number of ether oxygens (including phenoxy) is 1. The Labute approximate surface area is 219 Å². The number of carbonyl (C=O) groups excluding carboxylic acids is 2. The molecule has 1 aromatic carbocycles. The zero-order valence-corrected chi connectivity index (χ0v) is 21.6. The van der Waals surface area contributed by atoms with Gasteiger partial charge in [-0.2, -0.15) is 8.78 Å². The third-order valence-electron chi connectivity index (χ3n) is 7.30. The van der Waals surface area contributed by atoms with Crippen LogP contribution in [0, 0.1) is 12.3 Å². The average molecular weight is 531 g/mol. The predicted molar refractivity (Wildman–Crippen MR) is 135 cm³/mol. The van der Waals surface area contributed by atoms with E-state index in [0.29, 0.717) is 18.5 Å². The third-order valence-corrected chi connectivity index (χ3v) is 7.30. The lowest BCUT2D eigenvalue weighted by atomic mass is 9.69. The molecule has 11 heteroatoms. The molecule has 4 rings (SSSR count). The fourth-order valence-corrected chi connectivity index (χ4v) is 4.84. The molecule has 204 valence electrons. The summed E-state index contributed by atoms with van der Waals surface area (Å²) in [6.45, 7) is 2.83. The van der Waals surface area contributed by atoms with Gasteiger partial charge >= 0.3 is 12.6 Å². The van der Waals surface area contributed by atoms with Crippen molar-refractivity contribution >= 4 is 23.5 Å². The minimum absolute atomic E-state index is 0.0112. The number of amides is 2. The molecule has 0 bridgehead atoms. The number of nitrogens with one attached hydrogen (secondary N) is 2. The smallest absolute Gasteiger partial charge is 0.388 e. The number of aliphatic carboxylic acids is 1. The number of hydrogen-bond acceptors (Lipinski definition) is 6. The SMILES string of the molecule is Cc1ccc(NC(=O)C2(c3ccccc3C(C)C)CN(C(=O)CNCC3(C(=O)O)CC3)C2)c(OC(F)F)n1. The normalized spacial score (nSPS) is 17.2. The third kappa shape index (κ3) is 5.47. The minimum Gasteiger partial charge on any atom is -0.481 e. The highest BCUT2D eigenvalue weighted by Gasteiger charge is 2.54. The second kappa shape index (κ2) is 10.6. The van der Waals surface area contributed by atoms with Gasteiger partial charge in [0.2, 0.25) is 17.7 Å². The summed E-state index contributed by atoms with van der Waals surface area (Å²) in [5.41, 5.74) is 0.233. The topological polar surface area (TPSA) is 121 Å². The summed E-state index contributed by atoms with van der Waals surface area (Å²) in [7, 11) is 0. The summed E-state index contributed by atoms with van der Waals surface area (Å²) in [5, 5.41) is 15.0. The van der Waals surface area contributed by atoms with Crippen molar-refractivity contribution in [2.75, 3.05) is 31.5 Å². The quantitative estimate of drug-likeness (QED) is 0.408. The van der Waals surface area contributed by atoms with E-state index in [2.05, 4.69) is 20.4 Å². The lowest BCUT2D eigenvalue weighted by Gasteiger charge is -2.50. The number of aromatic nitrogens is 1. The molecule has 1 aliphatic carbocycles. The molecule has 2 aliphatic rings. The number of nitrogens with zero attached hydrogens (tertiary/aromatic N) is 2. The van der Waals surface area contributed by atoms with Crippen LogP contribution in [0.1, 0.15) is 49.4 Å². The number of hydrogen-bond donors (Lipinski definition) is 3. The summed E-state index contributed by atoms with van der Waals surface area (Å²) in [4.78, 5) is 43.6.